The minimum atomic E-state index is -1.07. The summed E-state index contributed by atoms with van der Waals surface area (Å²) < 4.78 is 41.9. The number of nitrogens with one attached hydrogen (secondary N) is 2. The highest BCUT2D eigenvalue weighted by Crippen LogP contribution is 2.52. The van der Waals surface area contributed by atoms with Crippen molar-refractivity contribution in [1.82, 2.24) is 10.6 Å². The maximum Gasteiger partial charge on any atom is 0.407 e. The summed E-state index contributed by atoms with van der Waals surface area (Å²) >= 11 is 0. The number of benzene rings is 2. The van der Waals surface area contributed by atoms with Gasteiger partial charge in [0.05, 0.1) is 25.9 Å². The second-order valence-corrected chi connectivity index (χ2v) is 10.3. The van der Waals surface area contributed by atoms with Crippen LogP contribution in [0.5, 0.6) is 23.0 Å². The van der Waals surface area contributed by atoms with Gasteiger partial charge in [0.1, 0.15) is 62.6 Å². The van der Waals surface area contributed by atoms with E-state index in [0.717, 1.165) is 12.2 Å². The van der Waals surface area contributed by atoms with Crippen molar-refractivity contribution in [1.29, 1.82) is 0 Å². The lowest BCUT2D eigenvalue weighted by Crippen LogP contribution is -2.42. The predicted octanol–water partition coefficient (Wildman–Crippen LogP) is 2.26. The van der Waals surface area contributed by atoms with E-state index in [1.807, 2.05) is 0 Å². The number of esters is 4. The molecule has 0 saturated heterocycles. The second kappa shape index (κ2) is 17.2. The highest BCUT2D eigenvalue weighted by Gasteiger charge is 2.49. The highest BCUT2D eigenvalue weighted by atomic mass is 16.6. The molecule has 16 heteroatoms. The molecule has 16 nitrogen and oxygen atoms in total. The number of fused-ring (bicyclic) bond motifs is 4. The summed E-state index contributed by atoms with van der Waals surface area (Å²) in [5.41, 5.74) is 0.0874. The molecule has 2 aliphatic rings. The van der Waals surface area contributed by atoms with Crippen LogP contribution in [-0.4, -0.2) is 88.8 Å². The molecular weight excluding hydrogens is 648 g/mol. The van der Waals surface area contributed by atoms with E-state index in [0.29, 0.717) is 22.6 Å². The van der Waals surface area contributed by atoms with Gasteiger partial charge in [0.25, 0.3) is 0 Å². The van der Waals surface area contributed by atoms with E-state index in [9.17, 15) is 28.8 Å². The van der Waals surface area contributed by atoms with Crippen LogP contribution in [0.1, 0.15) is 24.0 Å². The first-order chi connectivity index (χ1) is 23.6. The van der Waals surface area contributed by atoms with E-state index >= 15 is 0 Å². The Labute approximate surface area is 280 Å². The first kappa shape index (κ1) is 35.8. The minimum absolute atomic E-state index is 0.0163. The second-order valence-electron chi connectivity index (χ2n) is 10.3. The third-order valence-electron chi connectivity index (χ3n) is 7.01. The van der Waals surface area contributed by atoms with E-state index in [1.54, 1.807) is 24.3 Å². The summed E-state index contributed by atoms with van der Waals surface area (Å²) in [4.78, 5) is 71.3. The largest absolute Gasteiger partial charge is 0.490 e. The lowest BCUT2D eigenvalue weighted by atomic mass is 9.67. The molecule has 2 heterocycles. The topological polar surface area (TPSA) is 200 Å². The van der Waals surface area contributed by atoms with Gasteiger partial charge in [-0.3, -0.25) is 9.59 Å². The fourth-order valence-corrected chi connectivity index (χ4v) is 4.96. The lowest BCUT2D eigenvalue weighted by Gasteiger charge is -2.40. The van der Waals surface area contributed by atoms with E-state index < -0.39 is 41.5 Å². The van der Waals surface area contributed by atoms with Crippen molar-refractivity contribution in [2.75, 3.05) is 52.7 Å². The molecule has 2 aromatic carbocycles. The first-order valence-electron chi connectivity index (χ1n) is 15.0. The van der Waals surface area contributed by atoms with Crippen LogP contribution in [0.4, 0.5) is 9.59 Å². The van der Waals surface area contributed by atoms with Crippen LogP contribution >= 0.6 is 0 Å². The maximum absolute atomic E-state index is 12.8. The maximum atomic E-state index is 12.8. The average molecular weight is 683 g/mol. The van der Waals surface area contributed by atoms with Crippen LogP contribution in [0.2, 0.25) is 0 Å². The smallest absolute Gasteiger partial charge is 0.407 e. The van der Waals surface area contributed by atoms with Gasteiger partial charge in [0, 0.05) is 40.8 Å². The van der Waals surface area contributed by atoms with Crippen LogP contribution < -0.4 is 29.6 Å². The molecule has 0 fully saturated rings. The molecule has 2 N–H and O–H groups in total. The van der Waals surface area contributed by atoms with E-state index in [1.165, 1.54) is 12.1 Å². The minimum Gasteiger partial charge on any atom is -0.490 e. The Hall–Kier alpha value is -6.06. The normalized spacial score (nSPS) is 13.6. The molecule has 2 aromatic rings. The molecule has 0 saturated carbocycles. The molecule has 4 rings (SSSR count). The molecule has 260 valence electrons. The fraction of sp³-hybridized carbons (Fsp3) is 0.333. The van der Waals surface area contributed by atoms with Gasteiger partial charge in [0.2, 0.25) is 0 Å². The van der Waals surface area contributed by atoms with Crippen molar-refractivity contribution in [3.63, 3.8) is 0 Å². The number of hydrogen-bond donors (Lipinski definition) is 2. The molecule has 0 aromatic heterocycles. The third-order valence-corrected chi connectivity index (χ3v) is 7.01. The van der Waals surface area contributed by atoms with Crippen LogP contribution in [0, 0.1) is 0 Å². The Kier molecular flexibility index (Phi) is 12.6. The molecule has 0 atom stereocenters. The van der Waals surface area contributed by atoms with Crippen molar-refractivity contribution in [3.05, 3.63) is 72.8 Å². The Morgan fingerprint density at radius 2 is 1.08 bits per heavy atom. The molecule has 0 unspecified atom stereocenters. The standard InChI is InChI=1S/C33H34N2O14/c1-3-27(36)44-11-9-34-31(40)46-15-13-42-21-5-7-23-25(17-21)48-29(38)19-33(23)20-30(39)49-26-18-22(6-8-24(26)33)43-14-16-47-32(41)35-10-12-45-28(37)4-2/h3-8,17-18H,1-2,9-16,19-20H2,(H,34,40)(H,35,41). The third kappa shape index (κ3) is 9.96. The quantitative estimate of drug-likeness (QED) is 0.0859. The Bertz CT molecular complexity index is 1490. The van der Waals surface area contributed by atoms with Crippen molar-refractivity contribution in [2.45, 2.75) is 18.3 Å². The van der Waals surface area contributed by atoms with Gasteiger partial charge in [-0.05, 0) is 12.1 Å². The van der Waals surface area contributed by atoms with Gasteiger partial charge in [-0.15, -0.1) is 0 Å². The summed E-state index contributed by atoms with van der Waals surface area (Å²) in [6.07, 6.45) is 0.330. The number of amides is 2. The summed E-state index contributed by atoms with van der Waals surface area (Å²) in [6, 6.07) is 9.73. The van der Waals surface area contributed by atoms with Gasteiger partial charge in [-0.1, -0.05) is 25.3 Å². The lowest BCUT2D eigenvalue weighted by molar-refractivity contribution is -0.141. The van der Waals surface area contributed by atoms with Gasteiger partial charge in [-0.25, -0.2) is 19.2 Å². The Balaban J connectivity index is 1.32. The molecule has 0 aliphatic carbocycles. The van der Waals surface area contributed by atoms with Crippen molar-refractivity contribution < 1.29 is 66.7 Å². The molecule has 2 aliphatic heterocycles. The van der Waals surface area contributed by atoms with Gasteiger partial charge in [0.15, 0.2) is 0 Å². The number of hydrogen-bond acceptors (Lipinski definition) is 14. The van der Waals surface area contributed by atoms with Gasteiger partial charge < -0.3 is 48.5 Å². The SMILES string of the molecule is C=CC(=O)OCCNC(=O)OCCOc1ccc2c(c1)OC(=O)CC21CC(=O)Oc2cc(OCCOC(=O)NCCOC(=O)C=C)ccc21. The summed E-state index contributed by atoms with van der Waals surface area (Å²) in [5, 5.41) is 4.84. The van der Waals surface area contributed by atoms with Crippen LogP contribution in [0.25, 0.3) is 0 Å². The molecule has 2 amide bonds. The zero-order valence-corrected chi connectivity index (χ0v) is 26.3. The molecule has 1 spiro atoms. The number of alkyl carbamates (subject to hydrolysis) is 2. The van der Waals surface area contributed by atoms with E-state index in [-0.39, 0.29) is 77.1 Å². The zero-order valence-electron chi connectivity index (χ0n) is 26.3. The fourth-order valence-electron chi connectivity index (χ4n) is 4.96. The highest BCUT2D eigenvalue weighted by molar-refractivity contribution is 5.86. The molecule has 49 heavy (non-hydrogen) atoms. The summed E-state index contributed by atoms with van der Waals surface area (Å²) in [5.74, 6) is -1.25. The Morgan fingerprint density at radius 3 is 1.49 bits per heavy atom. The monoisotopic (exact) mass is 682 g/mol. The van der Waals surface area contributed by atoms with Crippen LogP contribution in [0.15, 0.2) is 61.7 Å². The summed E-state index contributed by atoms with van der Waals surface area (Å²) in [7, 11) is 0. The number of ether oxygens (including phenoxy) is 8. The van der Waals surface area contributed by atoms with Gasteiger partial charge >= 0.3 is 36.1 Å². The Morgan fingerprint density at radius 1 is 0.653 bits per heavy atom. The number of carbonyl (C=O) groups is 6. The molecule has 0 bridgehead atoms. The number of carbonyl (C=O) groups excluding carboxylic acids is 6. The number of rotatable bonds is 16. The summed E-state index contributed by atoms with van der Waals surface area (Å²) in [6.45, 7) is 6.33. The van der Waals surface area contributed by atoms with Gasteiger partial charge in [-0.2, -0.15) is 0 Å². The van der Waals surface area contributed by atoms with Crippen LogP contribution in [-0.2, 0) is 43.5 Å². The van der Waals surface area contributed by atoms with Crippen molar-refractivity contribution in [3.8, 4) is 23.0 Å². The zero-order chi connectivity index (χ0) is 35.2. The van der Waals surface area contributed by atoms with Crippen LogP contribution in [0.3, 0.4) is 0 Å². The predicted molar refractivity (Wildman–Crippen MR) is 166 cm³/mol. The van der Waals surface area contributed by atoms with Crippen molar-refractivity contribution >= 4 is 36.1 Å². The average Bonchev–Trinajstić information content (AvgIpc) is 3.08. The van der Waals surface area contributed by atoms with Crippen molar-refractivity contribution in [2.24, 2.45) is 0 Å². The van der Waals surface area contributed by atoms with E-state index in [4.69, 9.17) is 37.9 Å². The molecular formula is C33H34N2O14. The first-order valence-corrected chi connectivity index (χ1v) is 15.0. The van der Waals surface area contributed by atoms with E-state index in [2.05, 4.69) is 23.8 Å². The molecule has 0 radical (unpaired) electrons.